The van der Waals surface area contributed by atoms with Crippen LogP contribution in [0.3, 0.4) is 0 Å². The van der Waals surface area contributed by atoms with Gasteiger partial charge >= 0.3 is 5.97 Å². The molecule has 1 aromatic heterocycles. The summed E-state index contributed by atoms with van der Waals surface area (Å²) in [6, 6.07) is 1.80. The van der Waals surface area contributed by atoms with E-state index in [1.807, 2.05) is 13.8 Å². The molecule has 0 fully saturated rings. The van der Waals surface area contributed by atoms with Crippen molar-refractivity contribution in [3.05, 3.63) is 16.6 Å². The fourth-order valence-corrected chi connectivity index (χ4v) is 1.63. The molecule has 0 amide bonds. The number of esters is 1. The zero-order valence-electron chi connectivity index (χ0n) is 8.03. The van der Waals surface area contributed by atoms with Gasteiger partial charge in [0, 0.05) is 0 Å². The molecule has 13 heavy (non-hydrogen) atoms. The maximum absolute atomic E-state index is 11.2. The molecule has 0 aromatic carbocycles. The molecule has 72 valence electrons. The fraction of sp³-hybridized carbons (Fsp3) is 0.556. The highest BCUT2D eigenvalue weighted by Crippen LogP contribution is 2.18. The lowest BCUT2D eigenvalue weighted by atomic mass is 10.1. The highest BCUT2D eigenvalue weighted by Gasteiger charge is 2.12. The minimum absolute atomic E-state index is 0.271. The van der Waals surface area contributed by atoms with E-state index in [-0.39, 0.29) is 5.97 Å². The molecule has 0 unspecified atom stereocenters. The molecule has 0 atom stereocenters. The van der Waals surface area contributed by atoms with Gasteiger partial charge < -0.3 is 4.74 Å². The molecule has 0 aliphatic carbocycles. The first kappa shape index (κ1) is 10.2. The van der Waals surface area contributed by atoms with Crippen LogP contribution in [0, 0.1) is 0 Å². The molecule has 0 spiro atoms. The van der Waals surface area contributed by atoms with Gasteiger partial charge in [0.25, 0.3) is 0 Å². The summed E-state index contributed by atoms with van der Waals surface area (Å²) < 4.78 is 9.01. The van der Waals surface area contributed by atoms with Crippen molar-refractivity contribution in [1.82, 2.24) is 4.37 Å². The number of rotatable bonds is 3. The summed E-state index contributed by atoms with van der Waals surface area (Å²) in [5.41, 5.74) is 0.952. The summed E-state index contributed by atoms with van der Waals surface area (Å²) in [5, 5.41) is 0. The second kappa shape index (κ2) is 4.37. The summed E-state index contributed by atoms with van der Waals surface area (Å²) >= 11 is 1.20. The topological polar surface area (TPSA) is 39.2 Å². The SMILES string of the molecule is CCOC(=O)c1cc(C(C)C)ns1. The Morgan fingerprint density at radius 1 is 1.69 bits per heavy atom. The number of carbonyl (C=O) groups is 1. The quantitative estimate of drug-likeness (QED) is 0.702. The maximum atomic E-state index is 11.2. The molecule has 0 N–H and O–H groups in total. The standard InChI is InChI=1S/C9H13NO2S/c1-4-12-9(11)8-5-7(6(2)3)10-13-8/h5-6H,4H2,1-3H3. The van der Waals surface area contributed by atoms with Crippen molar-refractivity contribution in [2.24, 2.45) is 0 Å². The second-order valence-electron chi connectivity index (χ2n) is 2.99. The van der Waals surface area contributed by atoms with E-state index < -0.39 is 0 Å². The summed E-state index contributed by atoms with van der Waals surface area (Å²) in [7, 11) is 0. The molecule has 0 radical (unpaired) electrons. The minimum atomic E-state index is -0.271. The zero-order valence-corrected chi connectivity index (χ0v) is 8.85. The Morgan fingerprint density at radius 3 is 2.85 bits per heavy atom. The Hall–Kier alpha value is -0.900. The zero-order chi connectivity index (χ0) is 9.84. The Balaban J connectivity index is 2.73. The third kappa shape index (κ3) is 2.52. The van der Waals surface area contributed by atoms with E-state index in [1.54, 1.807) is 13.0 Å². The predicted octanol–water partition coefficient (Wildman–Crippen LogP) is 2.44. The molecule has 0 saturated carbocycles. The number of hydrogen-bond donors (Lipinski definition) is 0. The van der Waals surface area contributed by atoms with Crippen LogP contribution in [0.15, 0.2) is 6.07 Å². The van der Waals surface area contributed by atoms with Crippen molar-refractivity contribution in [2.45, 2.75) is 26.7 Å². The number of ether oxygens (including phenoxy) is 1. The van der Waals surface area contributed by atoms with E-state index >= 15 is 0 Å². The molecule has 4 heteroatoms. The third-order valence-corrected chi connectivity index (χ3v) is 2.38. The average Bonchev–Trinajstić information content (AvgIpc) is 2.52. The smallest absolute Gasteiger partial charge is 0.349 e. The van der Waals surface area contributed by atoms with Gasteiger partial charge in [0.2, 0.25) is 0 Å². The molecular weight excluding hydrogens is 186 g/mol. The van der Waals surface area contributed by atoms with Crippen molar-refractivity contribution in [2.75, 3.05) is 6.61 Å². The van der Waals surface area contributed by atoms with Gasteiger partial charge in [-0.3, -0.25) is 0 Å². The van der Waals surface area contributed by atoms with Crippen LogP contribution in [0.25, 0.3) is 0 Å². The first-order valence-electron chi connectivity index (χ1n) is 4.29. The average molecular weight is 199 g/mol. The van der Waals surface area contributed by atoms with Gasteiger partial charge in [-0.1, -0.05) is 13.8 Å². The van der Waals surface area contributed by atoms with Crippen molar-refractivity contribution in [1.29, 1.82) is 0 Å². The fourth-order valence-electron chi connectivity index (χ4n) is 0.859. The van der Waals surface area contributed by atoms with Crippen LogP contribution in [0.4, 0.5) is 0 Å². The summed E-state index contributed by atoms with van der Waals surface area (Å²) in [6.45, 7) is 6.30. The maximum Gasteiger partial charge on any atom is 0.349 e. The van der Waals surface area contributed by atoms with Gasteiger partial charge in [-0.15, -0.1) is 0 Å². The molecule has 0 aliphatic rings. The Kier molecular flexibility index (Phi) is 3.42. The van der Waals surface area contributed by atoms with Crippen LogP contribution in [-0.4, -0.2) is 16.9 Å². The lowest BCUT2D eigenvalue weighted by Crippen LogP contribution is -2.01. The molecule has 1 aromatic rings. The normalized spacial score (nSPS) is 10.5. The Bertz CT molecular complexity index is 294. The van der Waals surface area contributed by atoms with Crippen LogP contribution < -0.4 is 0 Å². The van der Waals surface area contributed by atoms with Crippen LogP contribution >= 0.6 is 11.5 Å². The van der Waals surface area contributed by atoms with Crippen LogP contribution in [-0.2, 0) is 4.74 Å². The summed E-state index contributed by atoms with van der Waals surface area (Å²) in [5.74, 6) is 0.0892. The number of aromatic nitrogens is 1. The molecule has 0 saturated heterocycles. The monoisotopic (exact) mass is 199 g/mol. The third-order valence-electron chi connectivity index (χ3n) is 1.60. The largest absolute Gasteiger partial charge is 0.462 e. The molecule has 0 bridgehead atoms. The lowest BCUT2D eigenvalue weighted by molar-refractivity contribution is 0.0532. The van der Waals surface area contributed by atoms with Gasteiger partial charge in [0.15, 0.2) is 0 Å². The molecule has 3 nitrogen and oxygen atoms in total. The Morgan fingerprint density at radius 2 is 2.38 bits per heavy atom. The van der Waals surface area contributed by atoms with Crippen molar-refractivity contribution < 1.29 is 9.53 Å². The lowest BCUT2D eigenvalue weighted by Gasteiger charge is -1.97. The highest BCUT2D eigenvalue weighted by molar-refractivity contribution is 7.08. The second-order valence-corrected chi connectivity index (χ2v) is 3.80. The van der Waals surface area contributed by atoms with Crippen molar-refractivity contribution in [3.63, 3.8) is 0 Å². The van der Waals surface area contributed by atoms with E-state index in [0.717, 1.165) is 5.69 Å². The number of nitrogens with zero attached hydrogens (tertiary/aromatic N) is 1. The number of carbonyl (C=O) groups excluding carboxylic acids is 1. The molecule has 1 heterocycles. The van der Waals surface area contributed by atoms with E-state index in [2.05, 4.69) is 4.37 Å². The van der Waals surface area contributed by atoms with E-state index in [1.165, 1.54) is 11.5 Å². The Labute approximate surface area is 81.9 Å². The van der Waals surface area contributed by atoms with E-state index in [9.17, 15) is 4.79 Å². The summed E-state index contributed by atoms with van der Waals surface area (Å²) in [4.78, 5) is 11.8. The van der Waals surface area contributed by atoms with E-state index in [0.29, 0.717) is 17.4 Å². The first-order chi connectivity index (χ1) is 6.15. The van der Waals surface area contributed by atoms with Crippen LogP contribution in [0.1, 0.15) is 42.1 Å². The van der Waals surface area contributed by atoms with Gasteiger partial charge in [-0.25, -0.2) is 4.79 Å². The highest BCUT2D eigenvalue weighted by atomic mass is 32.1. The minimum Gasteiger partial charge on any atom is -0.462 e. The van der Waals surface area contributed by atoms with Gasteiger partial charge in [-0.2, -0.15) is 4.37 Å². The molecular formula is C9H13NO2S. The van der Waals surface area contributed by atoms with Crippen LogP contribution in [0.5, 0.6) is 0 Å². The van der Waals surface area contributed by atoms with E-state index in [4.69, 9.17) is 4.74 Å². The van der Waals surface area contributed by atoms with Crippen molar-refractivity contribution >= 4 is 17.5 Å². The van der Waals surface area contributed by atoms with Gasteiger partial charge in [-0.05, 0) is 30.4 Å². The molecule has 1 rings (SSSR count). The van der Waals surface area contributed by atoms with Gasteiger partial charge in [0.1, 0.15) is 4.88 Å². The van der Waals surface area contributed by atoms with Crippen LogP contribution in [0.2, 0.25) is 0 Å². The van der Waals surface area contributed by atoms with Gasteiger partial charge in [0.05, 0.1) is 12.3 Å². The van der Waals surface area contributed by atoms with Crippen molar-refractivity contribution in [3.8, 4) is 0 Å². The summed E-state index contributed by atoms with van der Waals surface area (Å²) in [6.07, 6.45) is 0. The first-order valence-corrected chi connectivity index (χ1v) is 5.06. The predicted molar refractivity (Wildman–Crippen MR) is 52.2 cm³/mol. The number of hydrogen-bond acceptors (Lipinski definition) is 4. The molecule has 0 aliphatic heterocycles.